The number of rotatable bonds is 0. The van der Waals surface area contributed by atoms with Crippen molar-refractivity contribution in [2.45, 2.75) is 0 Å². The zero-order valence-electron chi connectivity index (χ0n) is 8.40. The lowest BCUT2D eigenvalue weighted by molar-refractivity contribution is 0.475. The summed E-state index contributed by atoms with van der Waals surface area (Å²) in [4.78, 5) is 14.7. The van der Waals surface area contributed by atoms with Gasteiger partial charge in [0.15, 0.2) is 5.43 Å². The molecule has 0 unspecified atom stereocenters. The Labute approximate surface area is 91.3 Å². The van der Waals surface area contributed by atoms with Crippen LogP contribution in [0.1, 0.15) is 0 Å². The summed E-state index contributed by atoms with van der Waals surface area (Å²) < 4.78 is 0. The second-order valence-electron chi connectivity index (χ2n) is 3.73. The van der Waals surface area contributed by atoms with Gasteiger partial charge in [-0.05, 0) is 29.7 Å². The molecule has 1 aliphatic heterocycles. The summed E-state index contributed by atoms with van der Waals surface area (Å²) in [5.41, 5.74) is 1.82. The molecule has 1 aromatic rings. The number of benzene rings is 2. The van der Waals surface area contributed by atoms with Crippen LogP contribution in [0, 0.1) is 0 Å². The molecule has 78 valence electrons. The zero-order chi connectivity index (χ0) is 11.1. The van der Waals surface area contributed by atoms with Gasteiger partial charge in [0, 0.05) is 11.1 Å². The van der Waals surface area contributed by atoms with Crippen molar-refractivity contribution in [2.24, 2.45) is 0 Å². The summed E-state index contributed by atoms with van der Waals surface area (Å²) in [6.07, 6.45) is 0. The van der Waals surface area contributed by atoms with Crippen LogP contribution in [-0.2, 0) is 0 Å². The van der Waals surface area contributed by atoms with E-state index in [4.69, 9.17) is 0 Å². The number of hydrogen-bond donors (Lipinski definition) is 2. The summed E-state index contributed by atoms with van der Waals surface area (Å²) in [6, 6.07) is 12.2. The highest BCUT2D eigenvalue weighted by atomic mass is 16.3. The molecule has 1 aromatic carbocycles. The highest BCUT2D eigenvalue weighted by Gasteiger charge is 2.11. The van der Waals surface area contributed by atoms with Gasteiger partial charge in [-0.1, -0.05) is 18.2 Å². The van der Waals surface area contributed by atoms with Gasteiger partial charge >= 0.3 is 0 Å². The molecule has 3 heteroatoms. The van der Waals surface area contributed by atoms with Crippen molar-refractivity contribution < 1.29 is 5.11 Å². The summed E-state index contributed by atoms with van der Waals surface area (Å²) in [6.45, 7) is 0. The molecule has 3 rings (SSSR count). The molecule has 0 atom stereocenters. The Hall–Kier alpha value is -2.29. The van der Waals surface area contributed by atoms with Gasteiger partial charge in [0.2, 0.25) is 0 Å². The van der Waals surface area contributed by atoms with Crippen LogP contribution >= 0.6 is 0 Å². The lowest BCUT2D eigenvalue weighted by Crippen LogP contribution is -2.05. The summed E-state index contributed by atoms with van der Waals surface area (Å²) in [5.74, 6) is 0.0975. The SMILES string of the molecule is O=c1ccc(O)c2[nH]c3ccccc3cc1-2. The molecule has 0 bridgehead atoms. The van der Waals surface area contributed by atoms with E-state index in [1.807, 2.05) is 24.3 Å². The lowest BCUT2D eigenvalue weighted by Gasteiger charge is -2.08. The van der Waals surface area contributed by atoms with E-state index in [0.717, 1.165) is 10.9 Å². The van der Waals surface area contributed by atoms with E-state index in [-0.39, 0.29) is 11.2 Å². The fraction of sp³-hybridized carbons (Fsp3) is 0. The Kier molecular flexibility index (Phi) is 1.74. The predicted octanol–water partition coefficient (Wildman–Crippen LogP) is 2.34. The van der Waals surface area contributed by atoms with Gasteiger partial charge in [-0.25, -0.2) is 0 Å². The molecule has 0 spiro atoms. The second-order valence-corrected chi connectivity index (χ2v) is 3.73. The van der Waals surface area contributed by atoms with Gasteiger partial charge in [-0.15, -0.1) is 0 Å². The van der Waals surface area contributed by atoms with Gasteiger partial charge in [0.05, 0.1) is 5.69 Å². The number of hydrogen-bond acceptors (Lipinski definition) is 2. The fourth-order valence-corrected chi connectivity index (χ4v) is 1.89. The third-order valence-electron chi connectivity index (χ3n) is 2.70. The van der Waals surface area contributed by atoms with E-state index in [1.54, 1.807) is 6.07 Å². The Morgan fingerprint density at radius 2 is 1.88 bits per heavy atom. The fourth-order valence-electron chi connectivity index (χ4n) is 1.89. The van der Waals surface area contributed by atoms with E-state index in [1.165, 1.54) is 12.1 Å². The quantitative estimate of drug-likeness (QED) is 0.561. The average molecular weight is 211 g/mol. The van der Waals surface area contributed by atoms with E-state index in [9.17, 15) is 9.90 Å². The third kappa shape index (κ3) is 1.18. The number of aromatic nitrogens is 1. The second kappa shape index (κ2) is 3.10. The number of aromatic hydroxyl groups is 1. The molecule has 2 aliphatic rings. The van der Waals surface area contributed by atoms with Crippen LogP contribution < -0.4 is 5.43 Å². The highest BCUT2D eigenvalue weighted by Crippen LogP contribution is 2.28. The molecule has 2 N–H and O–H groups in total. The molecule has 0 fully saturated rings. The van der Waals surface area contributed by atoms with Crippen LogP contribution in [0.25, 0.3) is 22.2 Å². The normalized spacial score (nSPS) is 11.0. The Balaban J connectivity index is 2.56. The van der Waals surface area contributed by atoms with Crippen molar-refractivity contribution in [3.8, 4) is 17.0 Å². The first-order chi connectivity index (χ1) is 7.75. The first-order valence-electron chi connectivity index (χ1n) is 4.99. The molecule has 1 heterocycles. The van der Waals surface area contributed by atoms with Crippen molar-refractivity contribution >= 4 is 10.9 Å². The molecule has 0 aromatic heterocycles. The smallest absolute Gasteiger partial charge is 0.188 e. The number of phenols is 1. The maximum absolute atomic E-state index is 11.6. The number of nitrogens with one attached hydrogen (secondary N) is 1. The molecule has 1 aliphatic carbocycles. The van der Waals surface area contributed by atoms with Gasteiger partial charge in [0.1, 0.15) is 5.75 Å². The van der Waals surface area contributed by atoms with Crippen molar-refractivity contribution in [3.05, 3.63) is 52.7 Å². The molecule has 0 saturated heterocycles. The van der Waals surface area contributed by atoms with Crippen LogP contribution in [0.15, 0.2) is 47.3 Å². The van der Waals surface area contributed by atoms with Gasteiger partial charge in [-0.2, -0.15) is 0 Å². The number of fused-ring (bicyclic) bond motifs is 2. The van der Waals surface area contributed by atoms with Gasteiger partial charge in [-0.3, -0.25) is 4.79 Å². The first-order valence-corrected chi connectivity index (χ1v) is 4.99. The van der Waals surface area contributed by atoms with Gasteiger partial charge < -0.3 is 10.1 Å². The Morgan fingerprint density at radius 3 is 2.75 bits per heavy atom. The van der Waals surface area contributed by atoms with Crippen LogP contribution in [-0.4, -0.2) is 10.1 Å². The van der Waals surface area contributed by atoms with E-state index in [2.05, 4.69) is 4.98 Å². The van der Waals surface area contributed by atoms with Crippen molar-refractivity contribution in [3.63, 3.8) is 0 Å². The molecular formula is C13H9NO2. The summed E-state index contributed by atoms with van der Waals surface area (Å²) in [7, 11) is 0. The molecule has 0 amide bonds. The van der Waals surface area contributed by atoms with Crippen LogP contribution in [0.3, 0.4) is 0 Å². The maximum atomic E-state index is 11.6. The molecule has 0 radical (unpaired) electrons. The Morgan fingerprint density at radius 1 is 1.06 bits per heavy atom. The van der Waals surface area contributed by atoms with Crippen LogP contribution in [0.2, 0.25) is 0 Å². The lowest BCUT2D eigenvalue weighted by atomic mass is 10.1. The van der Waals surface area contributed by atoms with E-state index in [0.29, 0.717) is 11.3 Å². The number of pyridine rings is 1. The maximum Gasteiger partial charge on any atom is 0.188 e. The molecular weight excluding hydrogens is 202 g/mol. The summed E-state index contributed by atoms with van der Waals surface area (Å²) >= 11 is 0. The number of H-pyrrole nitrogens is 1. The number of aromatic amines is 1. The van der Waals surface area contributed by atoms with Crippen molar-refractivity contribution in [1.29, 1.82) is 0 Å². The largest absolute Gasteiger partial charge is 0.506 e. The highest BCUT2D eigenvalue weighted by molar-refractivity contribution is 5.86. The number of para-hydroxylation sites is 1. The minimum atomic E-state index is -0.0881. The minimum Gasteiger partial charge on any atom is -0.506 e. The molecule has 0 saturated carbocycles. The van der Waals surface area contributed by atoms with E-state index < -0.39 is 0 Å². The standard InChI is InChI=1S/C13H9NO2/c15-11-5-6-12(16)13-9(11)7-8-3-1-2-4-10(8)14-13/h1-7,14,16H. The zero-order valence-corrected chi connectivity index (χ0v) is 8.40. The van der Waals surface area contributed by atoms with Crippen LogP contribution in [0.5, 0.6) is 5.75 Å². The molecule has 3 nitrogen and oxygen atoms in total. The Bertz CT molecular complexity index is 700. The number of phenolic OH excluding ortho intramolecular Hbond substituents is 1. The summed E-state index contributed by atoms with van der Waals surface area (Å²) in [5, 5.41) is 10.6. The van der Waals surface area contributed by atoms with E-state index >= 15 is 0 Å². The van der Waals surface area contributed by atoms with Crippen molar-refractivity contribution in [2.75, 3.05) is 0 Å². The topological polar surface area (TPSA) is 53.1 Å². The monoisotopic (exact) mass is 211 g/mol. The first kappa shape index (κ1) is 8.97. The minimum absolute atomic E-state index is 0.0881. The van der Waals surface area contributed by atoms with Crippen molar-refractivity contribution in [1.82, 2.24) is 4.98 Å². The van der Waals surface area contributed by atoms with Crippen LogP contribution in [0.4, 0.5) is 0 Å². The third-order valence-corrected chi connectivity index (χ3v) is 2.70. The average Bonchev–Trinajstić information content (AvgIpc) is 2.32. The van der Waals surface area contributed by atoms with Gasteiger partial charge in [0.25, 0.3) is 0 Å². The molecule has 16 heavy (non-hydrogen) atoms. The predicted molar refractivity (Wildman–Crippen MR) is 62.9 cm³/mol.